The molecule has 0 unspecified atom stereocenters. The molecule has 2 N–H and O–H groups in total. The summed E-state index contributed by atoms with van der Waals surface area (Å²) < 4.78 is 32.6. The lowest BCUT2D eigenvalue weighted by Gasteiger charge is -2.27. The molecule has 25 heavy (non-hydrogen) atoms. The molecule has 2 aromatic rings. The second kappa shape index (κ2) is 7.82. The number of aromatic nitrogens is 3. The van der Waals surface area contributed by atoms with Gasteiger partial charge in [0, 0.05) is 23.5 Å². The SMILES string of the molecule is Cc1nccc(-c2ccnc(C(F)F)c2OC[C@@](C)(N)CC(C)C)n1. The minimum atomic E-state index is -2.76. The van der Waals surface area contributed by atoms with Crippen molar-refractivity contribution >= 4 is 0 Å². The van der Waals surface area contributed by atoms with Gasteiger partial charge in [-0.2, -0.15) is 0 Å². The van der Waals surface area contributed by atoms with Gasteiger partial charge in [0.1, 0.15) is 18.1 Å². The Bertz CT molecular complexity index is 720. The topological polar surface area (TPSA) is 73.9 Å². The Morgan fingerprint density at radius 1 is 1.20 bits per heavy atom. The van der Waals surface area contributed by atoms with Crippen LogP contribution in [0.4, 0.5) is 8.78 Å². The molecule has 136 valence electrons. The van der Waals surface area contributed by atoms with Crippen LogP contribution in [0.25, 0.3) is 11.3 Å². The van der Waals surface area contributed by atoms with E-state index in [2.05, 4.69) is 28.8 Å². The van der Waals surface area contributed by atoms with Crippen LogP contribution in [0.3, 0.4) is 0 Å². The predicted molar refractivity (Wildman–Crippen MR) is 92.5 cm³/mol. The first-order valence-electron chi connectivity index (χ1n) is 8.18. The summed E-state index contributed by atoms with van der Waals surface area (Å²) in [5, 5.41) is 0. The van der Waals surface area contributed by atoms with E-state index < -0.39 is 17.7 Å². The smallest absolute Gasteiger partial charge is 0.284 e. The Balaban J connectivity index is 2.40. The number of halogens is 2. The number of hydrogen-bond acceptors (Lipinski definition) is 5. The largest absolute Gasteiger partial charge is 0.489 e. The molecule has 0 saturated carbocycles. The maximum Gasteiger partial charge on any atom is 0.284 e. The number of nitrogens with two attached hydrogens (primary N) is 1. The second-order valence-electron chi connectivity index (χ2n) is 6.90. The molecule has 2 aromatic heterocycles. The normalized spacial score (nSPS) is 14.0. The molecule has 0 saturated heterocycles. The average molecular weight is 350 g/mol. The van der Waals surface area contributed by atoms with Gasteiger partial charge in [0.25, 0.3) is 6.43 Å². The van der Waals surface area contributed by atoms with Crippen LogP contribution in [-0.4, -0.2) is 27.1 Å². The summed E-state index contributed by atoms with van der Waals surface area (Å²) in [6.07, 6.45) is 0.860. The first-order chi connectivity index (χ1) is 11.7. The van der Waals surface area contributed by atoms with E-state index in [0.717, 1.165) is 0 Å². The summed E-state index contributed by atoms with van der Waals surface area (Å²) in [5.41, 5.74) is 6.16. The van der Waals surface area contributed by atoms with Gasteiger partial charge in [-0.1, -0.05) is 13.8 Å². The van der Waals surface area contributed by atoms with Crippen molar-refractivity contribution in [2.45, 2.75) is 46.1 Å². The number of pyridine rings is 1. The van der Waals surface area contributed by atoms with Crippen LogP contribution >= 0.6 is 0 Å². The zero-order valence-electron chi connectivity index (χ0n) is 15.0. The van der Waals surface area contributed by atoms with Crippen molar-refractivity contribution in [1.82, 2.24) is 15.0 Å². The lowest BCUT2D eigenvalue weighted by molar-refractivity contribution is 0.134. The molecular formula is C18H24F2N4O. The van der Waals surface area contributed by atoms with Gasteiger partial charge in [0.05, 0.1) is 5.69 Å². The van der Waals surface area contributed by atoms with Gasteiger partial charge < -0.3 is 10.5 Å². The third-order valence-corrected chi connectivity index (χ3v) is 3.61. The Labute approximate surface area is 146 Å². The third kappa shape index (κ3) is 5.16. The highest BCUT2D eigenvalue weighted by Crippen LogP contribution is 2.36. The zero-order chi connectivity index (χ0) is 18.6. The number of alkyl halides is 2. The van der Waals surface area contributed by atoms with Crippen LogP contribution in [0.5, 0.6) is 5.75 Å². The molecule has 0 aliphatic carbocycles. The summed E-state index contributed by atoms with van der Waals surface area (Å²) in [6.45, 7) is 7.79. The molecule has 1 atom stereocenters. The van der Waals surface area contributed by atoms with E-state index in [1.807, 2.05) is 6.92 Å². The molecule has 0 bridgehead atoms. The van der Waals surface area contributed by atoms with Gasteiger partial charge in [-0.15, -0.1) is 0 Å². The molecule has 0 radical (unpaired) electrons. The van der Waals surface area contributed by atoms with E-state index in [1.165, 1.54) is 6.20 Å². The standard InChI is InChI=1S/C18H24F2N4O/c1-11(2)9-18(4,21)10-25-16-13(5-7-23-15(16)17(19)20)14-6-8-22-12(3)24-14/h5-8,11,17H,9-10,21H2,1-4H3/t18-/m0/s1. The van der Waals surface area contributed by atoms with Crippen molar-refractivity contribution in [2.24, 2.45) is 11.7 Å². The van der Waals surface area contributed by atoms with E-state index in [-0.39, 0.29) is 12.4 Å². The van der Waals surface area contributed by atoms with Crippen LogP contribution < -0.4 is 10.5 Å². The van der Waals surface area contributed by atoms with Crippen molar-refractivity contribution in [3.05, 3.63) is 36.0 Å². The molecule has 0 fully saturated rings. The minimum absolute atomic E-state index is 0.0241. The number of aryl methyl sites for hydroxylation is 1. The average Bonchev–Trinajstić information content (AvgIpc) is 2.51. The zero-order valence-corrected chi connectivity index (χ0v) is 15.0. The van der Waals surface area contributed by atoms with Crippen LogP contribution in [0, 0.1) is 12.8 Å². The second-order valence-corrected chi connectivity index (χ2v) is 6.90. The van der Waals surface area contributed by atoms with E-state index in [1.54, 1.807) is 25.3 Å². The Hall–Kier alpha value is -2.15. The maximum atomic E-state index is 13.4. The number of nitrogens with zero attached hydrogens (tertiary/aromatic N) is 3. The lowest BCUT2D eigenvalue weighted by atomic mass is 9.93. The molecule has 0 aromatic carbocycles. The fraction of sp³-hybridized carbons (Fsp3) is 0.500. The molecule has 0 aliphatic rings. The summed E-state index contributed by atoms with van der Waals surface area (Å²) in [5.74, 6) is 0.935. The Morgan fingerprint density at radius 2 is 1.88 bits per heavy atom. The molecular weight excluding hydrogens is 326 g/mol. The molecule has 5 nitrogen and oxygen atoms in total. The number of rotatable bonds is 7. The van der Waals surface area contributed by atoms with Crippen molar-refractivity contribution in [2.75, 3.05) is 6.61 Å². The van der Waals surface area contributed by atoms with E-state index in [9.17, 15) is 8.78 Å². The van der Waals surface area contributed by atoms with E-state index in [4.69, 9.17) is 10.5 Å². The van der Waals surface area contributed by atoms with Crippen molar-refractivity contribution in [1.29, 1.82) is 0 Å². The third-order valence-electron chi connectivity index (χ3n) is 3.61. The fourth-order valence-electron chi connectivity index (χ4n) is 2.81. The Morgan fingerprint density at radius 3 is 2.48 bits per heavy atom. The first kappa shape index (κ1) is 19.2. The predicted octanol–water partition coefficient (Wildman–Crippen LogP) is 3.93. The van der Waals surface area contributed by atoms with Crippen LogP contribution in [0.2, 0.25) is 0 Å². The summed E-state index contributed by atoms with van der Waals surface area (Å²) in [4.78, 5) is 12.1. The maximum absolute atomic E-state index is 13.4. The van der Waals surface area contributed by atoms with Gasteiger partial charge in [-0.3, -0.25) is 4.98 Å². The van der Waals surface area contributed by atoms with Gasteiger partial charge in [0.15, 0.2) is 5.75 Å². The van der Waals surface area contributed by atoms with Crippen LogP contribution in [-0.2, 0) is 0 Å². The number of ether oxygens (including phenoxy) is 1. The number of hydrogen-bond donors (Lipinski definition) is 1. The lowest BCUT2D eigenvalue weighted by Crippen LogP contribution is -2.43. The molecule has 0 aliphatic heterocycles. The van der Waals surface area contributed by atoms with Crippen LogP contribution in [0.1, 0.15) is 45.1 Å². The van der Waals surface area contributed by atoms with Crippen molar-refractivity contribution in [3.8, 4) is 17.0 Å². The summed E-state index contributed by atoms with van der Waals surface area (Å²) >= 11 is 0. The minimum Gasteiger partial charge on any atom is -0.489 e. The molecule has 2 heterocycles. The molecule has 7 heteroatoms. The summed E-state index contributed by atoms with van der Waals surface area (Å²) in [7, 11) is 0. The summed E-state index contributed by atoms with van der Waals surface area (Å²) in [6, 6.07) is 3.26. The van der Waals surface area contributed by atoms with Crippen molar-refractivity contribution < 1.29 is 13.5 Å². The molecule has 0 amide bonds. The highest BCUT2D eigenvalue weighted by molar-refractivity contribution is 5.68. The van der Waals surface area contributed by atoms with Gasteiger partial charge in [-0.05, 0) is 38.3 Å². The van der Waals surface area contributed by atoms with Gasteiger partial charge in [-0.25, -0.2) is 18.7 Å². The molecule has 2 rings (SSSR count). The van der Waals surface area contributed by atoms with E-state index in [0.29, 0.717) is 29.4 Å². The highest BCUT2D eigenvalue weighted by Gasteiger charge is 2.26. The van der Waals surface area contributed by atoms with Gasteiger partial charge >= 0.3 is 0 Å². The monoisotopic (exact) mass is 350 g/mol. The van der Waals surface area contributed by atoms with E-state index >= 15 is 0 Å². The quantitative estimate of drug-likeness (QED) is 0.819. The fourth-order valence-corrected chi connectivity index (χ4v) is 2.81. The van der Waals surface area contributed by atoms with Gasteiger partial charge in [0.2, 0.25) is 0 Å². The first-order valence-corrected chi connectivity index (χ1v) is 8.18. The van der Waals surface area contributed by atoms with Crippen LogP contribution in [0.15, 0.2) is 24.5 Å². The Kier molecular flexibility index (Phi) is 6.00. The van der Waals surface area contributed by atoms with Crippen molar-refractivity contribution in [3.63, 3.8) is 0 Å². The molecule has 0 spiro atoms. The highest BCUT2D eigenvalue weighted by atomic mass is 19.3.